The molecule has 0 bridgehead atoms. The van der Waals surface area contributed by atoms with Gasteiger partial charge in [-0.2, -0.15) is 5.26 Å². The fraction of sp³-hybridized carbons (Fsp3) is 0.316. The third-order valence-corrected chi connectivity index (χ3v) is 6.68. The summed E-state index contributed by atoms with van der Waals surface area (Å²) in [5.74, 6) is 2.44. The van der Waals surface area contributed by atoms with Crippen LogP contribution in [-0.4, -0.2) is 70.6 Å². The first-order valence-corrected chi connectivity index (χ1v) is 11.0. The number of rotatable bonds is 5. The van der Waals surface area contributed by atoms with Crippen LogP contribution in [0.25, 0.3) is 11.4 Å². The number of aromatic nitrogens is 5. The molecule has 0 saturated carbocycles. The van der Waals surface area contributed by atoms with Crippen LogP contribution < -0.4 is 5.73 Å². The molecule has 13 heteroatoms. The number of nitrogen functional groups attached to an aromatic ring is 1. The number of thioether (sulfide) groups is 1. The number of anilines is 1. The highest BCUT2D eigenvalue weighted by atomic mass is 32.2. The van der Waals surface area contributed by atoms with E-state index in [-0.39, 0.29) is 5.69 Å². The SMILES string of the molecule is C#Cc1cnc(C#N)c(SC2OC(CO)C(O)C(n3cc(-c4csc(N)n4)nn3)C2O)c1. The van der Waals surface area contributed by atoms with Crippen molar-refractivity contribution in [2.45, 2.75) is 34.7 Å². The summed E-state index contributed by atoms with van der Waals surface area (Å²) < 4.78 is 7.02. The Kier molecular flexibility index (Phi) is 6.38. The summed E-state index contributed by atoms with van der Waals surface area (Å²) in [6.45, 7) is -0.501. The number of nitrogens with zero attached hydrogens (tertiary/aromatic N) is 6. The number of nitrogens with two attached hydrogens (primary N) is 1. The topological polar surface area (TPSA) is 176 Å². The third-order valence-electron chi connectivity index (χ3n) is 4.82. The molecule has 4 heterocycles. The molecule has 5 N–H and O–H groups in total. The van der Waals surface area contributed by atoms with E-state index in [1.54, 1.807) is 11.4 Å². The molecule has 0 aliphatic carbocycles. The Morgan fingerprint density at radius 3 is 2.81 bits per heavy atom. The van der Waals surface area contributed by atoms with E-state index in [0.717, 1.165) is 11.8 Å². The summed E-state index contributed by atoms with van der Waals surface area (Å²) in [5, 5.41) is 51.0. The highest BCUT2D eigenvalue weighted by Crippen LogP contribution is 2.39. The first-order chi connectivity index (χ1) is 15.4. The summed E-state index contributed by atoms with van der Waals surface area (Å²) in [4.78, 5) is 8.57. The van der Waals surface area contributed by atoms with Gasteiger partial charge in [0.05, 0.1) is 12.8 Å². The van der Waals surface area contributed by atoms with Crippen LogP contribution in [0.5, 0.6) is 0 Å². The second-order valence-corrected chi connectivity index (χ2v) is 8.83. The summed E-state index contributed by atoms with van der Waals surface area (Å²) in [6, 6.07) is 2.56. The number of nitriles is 1. The van der Waals surface area contributed by atoms with Gasteiger partial charge in [-0.1, -0.05) is 22.9 Å². The molecular formula is C19H17N7O4S2. The maximum atomic E-state index is 11.0. The Morgan fingerprint density at radius 1 is 1.34 bits per heavy atom. The Labute approximate surface area is 190 Å². The van der Waals surface area contributed by atoms with Gasteiger partial charge in [0.25, 0.3) is 0 Å². The molecule has 1 saturated heterocycles. The van der Waals surface area contributed by atoms with Gasteiger partial charge in [0.2, 0.25) is 0 Å². The molecule has 0 radical (unpaired) electrons. The summed E-state index contributed by atoms with van der Waals surface area (Å²) >= 11 is 2.26. The van der Waals surface area contributed by atoms with Crippen LogP contribution in [0.15, 0.2) is 28.7 Å². The van der Waals surface area contributed by atoms with Crippen molar-refractivity contribution in [1.82, 2.24) is 25.0 Å². The van der Waals surface area contributed by atoms with Crippen molar-refractivity contribution in [3.8, 4) is 29.8 Å². The fourth-order valence-electron chi connectivity index (χ4n) is 3.25. The van der Waals surface area contributed by atoms with Crippen LogP contribution in [-0.2, 0) is 4.74 Å². The van der Waals surface area contributed by atoms with E-state index in [0.29, 0.717) is 27.0 Å². The molecule has 0 spiro atoms. The van der Waals surface area contributed by atoms with Gasteiger partial charge < -0.3 is 25.8 Å². The van der Waals surface area contributed by atoms with Crippen LogP contribution in [0, 0.1) is 23.7 Å². The Balaban J connectivity index is 1.65. The van der Waals surface area contributed by atoms with Gasteiger partial charge in [0.15, 0.2) is 10.8 Å². The van der Waals surface area contributed by atoms with E-state index in [9.17, 15) is 20.6 Å². The molecule has 5 unspecified atom stereocenters. The lowest BCUT2D eigenvalue weighted by atomic mass is 9.97. The number of aliphatic hydroxyl groups is 3. The van der Waals surface area contributed by atoms with Gasteiger partial charge in [0, 0.05) is 22.0 Å². The summed E-state index contributed by atoms with van der Waals surface area (Å²) in [7, 11) is 0. The first-order valence-electron chi connectivity index (χ1n) is 9.24. The van der Waals surface area contributed by atoms with Crippen LogP contribution in [0.3, 0.4) is 0 Å². The largest absolute Gasteiger partial charge is 0.394 e. The van der Waals surface area contributed by atoms with Crippen molar-refractivity contribution in [3.05, 3.63) is 35.1 Å². The monoisotopic (exact) mass is 471 g/mol. The minimum Gasteiger partial charge on any atom is -0.394 e. The molecule has 11 nitrogen and oxygen atoms in total. The maximum absolute atomic E-state index is 11.0. The number of hydrogen-bond acceptors (Lipinski definition) is 12. The molecule has 5 atom stereocenters. The van der Waals surface area contributed by atoms with Crippen LogP contribution in [0.1, 0.15) is 17.3 Å². The lowest BCUT2D eigenvalue weighted by Crippen LogP contribution is -2.55. The molecule has 1 fully saturated rings. The Morgan fingerprint density at radius 2 is 2.16 bits per heavy atom. The molecule has 1 aliphatic heterocycles. The molecule has 3 aromatic heterocycles. The lowest BCUT2D eigenvalue weighted by molar-refractivity contribution is -0.178. The van der Waals surface area contributed by atoms with Gasteiger partial charge in [-0.3, -0.25) is 0 Å². The van der Waals surface area contributed by atoms with E-state index >= 15 is 0 Å². The summed E-state index contributed by atoms with van der Waals surface area (Å²) in [6.07, 6.45) is 4.76. The zero-order valence-electron chi connectivity index (χ0n) is 16.3. The molecular weight excluding hydrogens is 454 g/mol. The van der Waals surface area contributed by atoms with E-state index < -0.39 is 36.4 Å². The number of pyridine rings is 1. The third kappa shape index (κ3) is 4.18. The minimum absolute atomic E-state index is 0.109. The van der Waals surface area contributed by atoms with Crippen molar-refractivity contribution >= 4 is 28.2 Å². The van der Waals surface area contributed by atoms with Crippen molar-refractivity contribution in [2.75, 3.05) is 12.3 Å². The summed E-state index contributed by atoms with van der Waals surface area (Å²) in [5.41, 5.74) is 6.18. The molecule has 0 aromatic carbocycles. The number of ether oxygens (including phenoxy) is 1. The fourth-order valence-corrected chi connectivity index (χ4v) is 4.96. The maximum Gasteiger partial charge on any atom is 0.180 e. The molecule has 32 heavy (non-hydrogen) atoms. The Bertz CT molecular complexity index is 1200. The minimum atomic E-state index is -1.28. The van der Waals surface area contributed by atoms with Gasteiger partial charge in [0.1, 0.15) is 47.2 Å². The second-order valence-electron chi connectivity index (χ2n) is 6.80. The van der Waals surface area contributed by atoms with E-state index in [2.05, 4.69) is 26.2 Å². The van der Waals surface area contributed by atoms with Crippen molar-refractivity contribution in [2.24, 2.45) is 0 Å². The highest BCUT2D eigenvalue weighted by Gasteiger charge is 2.46. The van der Waals surface area contributed by atoms with Crippen molar-refractivity contribution in [3.63, 3.8) is 0 Å². The standard InChI is InChI=1S/C19H17N7O4S2/c1-2-9-3-14(10(4-20)22-5-9)32-18-17(29)15(16(28)13(7-27)30-18)26-6-11(24-25-26)12-8-31-19(21)23-12/h1,3,5-6,8,13,15-18,27-29H,7H2,(H2,21,23). The number of aliphatic hydroxyl groups excluding tert-OH is 3. The zero-order chi connectivity index (χ0) is 22.8. The Hall–Kier alpha value is -3.04. The zero-order valence-corrected chi connectivity index (χ0v) is 17.9. The van der Waals surface area contributed by atoms with Gasteiger partial charge in [-0.25, -0.2) is 14.6 Å². The highest BCUT2D eigenvalue weighted by molar-refractivity contribution is 7.99. The second kappa shape index (κ2) is 9.22. The van der Waals surface area contributed by atoms with E-state index in [4.69, 9.17) is 16.9 Å². The molecule has 0 amide bonds. The van der Waals surface area contributed by atoms with Crippen LogP contribution in [0.2, 0.25) is 0 Å². The average Bonchev–Trinajstić information content (AvgIpc) is 3.45. The number of hydrogen-bond donors (Lipinski definition) is 4. The first kappa shape index (κ1) is 22.2. The van der Waals surface area contributed by atoms with Crippen LogP contribution in [0.4, 0.5) is 5.13 Å². The quantitative estimate of drug-likeness (QED) is 0.368. The van der Waals surface area contributed by atoms with E-state index in [1.807, 2.05) is 6.07 Å². The van der Waals surface area contributed by atoms with E-state index in [1.165, 1.54) is 28.4 Å². The number of thiazole rings is 1. The molecule has 1 aliphatic rings. The van der Waals surface area contributed by atoms with Crippen molar-refractivity contribution in [1.29, 1.82) is 5.26 Å². The van der Waals surface area contributed by atoms with Gasteiger partial charge in [-0.05, 0) is 6.07 Å². The molecule has 164 valence electrons. The van der Waals surface area contributed by atoms with Crippen molar-refractivity contribution < 1.29 is 20.1 Å². The van der Waals surface area contributed by atoms with Crippen LogP contribution >= 0.6 is 23.1 Å². The normalized spacial score (nSPS) is 25.2. The van der Waals surface area contributed by atoms with Gasteiger partial charge in [-0.15, -0.1) is 22.9 Å². The van der Waals surface area contributed by atoms with Gasteiger partial charge >= 0.3 is 0 Å². The predicted molar refractivity (Wildman–Crippen MR) is 115 cm³/mol. The average molecular weight is 472 g/mol. The predicted octanol–water partition coefficient (Wildman–Crippen LogP) is 0.00418. The lowest BCUT2D eigenvalue weighted by Gasteiger charge is -2.41. The smallest absolute Gasteiger partial charge is 0.180 e. The molecule has 4 rings (SSSR count). The molecule has 3 aromatic rings. The number of terminal acetylenes is 1.